The lowest BCUT2D eigenvalue weighted by Gasteiger charge is -2.33. The molecule has 2 aromatic carbocycles. The number of sulfonamides is 1. The van der Waals surface area contributed by atoms with Gasteiger partial charge in [0.25, 0.3) is 0 Å². The van der Waals surface area contributed by atoms with Crippen molar-refractivity contribution in [3.63, 3.8) is 0 Å². The zero-order chi connectivity index (χ0) is 26.4. The zero-order valence-electron chi connectivity index (χ0n) is 19.5. The Kier molecular flexibility index (Phi) is 9.56. The third-order valence-corrected chi connectivity index (χ3v) is 6.54. The summed E-state index contributed by atoms with van der Waals surface area (Å²) in [7, 11) is -4.15. The molecule has 0 unspecified atom stereocenters. The number of nitrogens with zero attached hydrogens (tertiary/aromatic N) is 2. The number of likely N-dealkylation sites (N-methyl/N-ethyl adjacent to an activating group) is 1. The molecule has 1 atom stereocenters. The van der Waals surface area contributed by atoms with Crippen molar-refractivity contribution in [2.45, 2.75) is 39.0 Å². The van der Waals surface area contributed by atoms with Crippen LogP contribution >= 0.6 is 11.6 Å². The molecule has 1 N–H and O–H groups in total. The molecule has 0 aromatic heterocycles. The number of rotatable bonds is 10. The lowest BCUT2D eigenvalue weighted by molar-refractivity contribution is -0.140. The summed E-state index contributed by atoms with van der Waals surface area (Å²) in [5, 5.41) is 3.12. The van der Waals surface area contributed by atoms with Crippen LogP contribution in [0.2, 0.25) is 5.02 Å². The molecule has 0 aliphatic rings. The van der Waals surface area contributed by atoms with E-state index in [1.54, 1.807) is 38.1 Å². The third-order valence-electron chi connectivity index (χ3n) is 5.14. The van der Waals surface area contributed by atoms with E-state index in [1.807, 2.05) is 0 Å². The van der Waals surface area contributed by atoms with Crippen molar-refractivity contribution in [3.05, 3.63) is 64.7 Å². The molecule has 0 aliphatic heterocycles. The minimum absolute atomic E-state index is 0.0359. The van der Waals surface area contributed by atoms with Gasteiger partial charge in [-0.3, -0.25) is 13.9 Å². The van der Waals surface area contributed by atoms with Gasteiger partial charge in [0.1, 0.15) is 12.6 Å². The van der Waals surface area contributed by atoms with Crippen LogP contribution in [0.5, 0.6) is 0 Å². The number of amides is 2. The summed E-state index contributed by atoms with van der Waals surface area (Å²) in [6, 6.07) is 9.32. The normalized spacial score (nSPS) is 12.7. The molecule has 0 fully saturated rings. The Morgan fingerprint density at radius 1 is 1.09 bits per heavy atom. The quantitative estimate of drug-likeness (QED) is 0.499. The van der Waals surface area contributed by atoms with Gasteiger partial charge in [0, 0.05) is 18.1 Å². The lowest BCUT2D eigenvalue weighted by atomic mass is 10.1. The number of benzene rings is 2. The molecule has 2 rings (SSSR count). The Labute approximate surface area is 207 Å². The number of alkyl halides is 3. The Hall–Kier alpha value is -2.79. The highest BCUT2D eigenvalue weighted by molar-refractivity contribution is 7.92. The molecule has 0 spiro atoms. The number of nitrogens with one attached hydrogen (secondary N) is 1. The first-order valence-corrected chi connectivity index (χ1v) is 13.0. The standard InChI is InChI=1S/C23H27ClF3N3O4S/c1-4-20(22(32)28-5-2)29(14-16-9-11-18(24)12-10-16)21(31)15-30(35(3,33)34)19-8-6-7-17(13-19)23(25,26)27/h6-13,20H,4-5,14-15H2,1-3H3,(H,28,32)/t20-/m0/s1. The number of carbonyl (C=O) groups excluding carboxylic acids is 2. The van der Waals surface area contributed by atoms with E-state index in [4.69, 9.17) is 11.6 Å². The number of carbonyl (C=O) groups is 2. The highest BCUT2D eigenvalue weighted by Gasteiger charge is 2.34. The van der Waals surface area contributed by atoms with Crippen LogP contribution in [-0.4, -0.2) is 50.5 Å². The fraction of sp³-hybridized carbons (Fsp3) is 0.391. The van der Waals surface area contributed by atoms with E-state index in [2.05, 4.69) is 5.32 Å². The smallest absolute Gasteiger partial charge is 0.355 e. The zero-order valence-corrected chi connectivity index (χ0v) is 21.0. The monoisotopic (exact) mass is 533 g/mol. The van der Waals surface area contributed by atoms with Gasteiger partial charge in [0.05, 0.1) is 17.5 Å². The summed E-state index contributed by atoms with van der Waals surface area (Å²) in [5.74, 6) is -1.18. The topological polar surface area (TPSA) is 86.8 Å². The van der Waals surface area contributed by atoms with E-state index in [0.717, 1.165) is 18.4 Å². The van der Waals surface area contributed by atoms with E-state index in [1.165, 1.54) is 11.0 Å². The lowest BCUT2D eigenvalue weighted by Crippen LogP contribution is -2.52. The highest BCUT2D eigenvalue weighted by atomic mass is 35.5. The van der Waals surface area contributed by atoms with Crippen molar-refractivity contribution >= 4 is 39.1 Å². The van der Waals surface area contributed by atoms with Gasteiger partial charge in [0.2, 0.25) is 21.8 Å². The van der Waals surface area contributed by atoms with Crippen molar-refractivity contribution in [2.24, 2.45) is 0 Å². The van der Waals surface area contributed by atoms with Crippen LogP contribution in [0.15, 0.2) is 48.5 Å². The Morgan fingerprint density at radius 3 is 2.23 bits per heavy atom. The Bertz CT molecular complexity index is 1140. The average Bonchev–Trinajstić information content (AvgIpc) is 2.77. The van der Waals surface area contributed by atoms with E-state index < -0.39 is 46.2 Å². The van der Waals surface area contributed by atoms with E-state index in [9.17, 15) is 31.2 Å². The van der Waals surface area contributed by atoms with Crippen molar-refractivity contribution in [3.8, 4) is 0 Å². The molecule has 35 heavy (non-hydrogen) atoms. The van der Waals surface area contributed by atoms with Gasteiger partial charge in [-0.15, -0.1) is 0 Å². The average molecular weight is 534 g/mol. The van der Waals surface area contributed by atoms with Gasteiger partial charge in [-0.2, -0.15) is 13.2 Å². The molecule has 7 nitrogen and oxygen atoms in total. The molecule has 2 aromatic rings. The SMILES string of the molecule is CCNC(=O)[C@H](CC)N(Cc1ccc(Cl)cc1)C(=O)CN(c1cccc(C(F)(F)F)c1)S(C)(=O)=O. The van der Waals surface area contributed by atoms with Crippen LogP contribution in [0.1, 0.15) is 31.4 Å². The van der Waals surface area contributed by atoms with Crippen molar-refractivity contribution in [2.75, 3.05) is 23.7 Å². The molecule has 192 valence electrons. The van der Waals surface area contributed by atoms with Crippen molar-refractivity contribution in [1.29, 1.82) is 0 Å². The Balaban J connectivity index is 2.47. The van der Waals surface area contributed by atoms with Crippen LogP contribution in [0.3, 0.4) is 0 Å². The van der Waals surface area contributed by atoms with Crippen LogP contribution in [0.25, 0.3) is 0 Å². The number of halogens is 4. The minimum atomic E-state index is -4.70. The number of anilines is 1. The molecule has 0 radical (unpaired) electrons. The van der Waals surface area contributed by atoms with Crippen LogP contribution in [0.4, 0.5) is 18.9 Å². The predicted molar refractivity (Wildman–Crippen MR) is 128 cm³/mol. The second-order valence-electron chi connectivity index (χ2n) is 7.78. The molecule has 0 aliphatic carbocycles. The van der Waals surface area contributed by atoms with Gasteiger partial charge in [-0.05, 0) is 49.2 Å². The van der Waals surface area contributed by atoms with Crippen LogP contribution in [0, 0.1) is 0 Å². The maximum absolute atomic E-state index is 13.4. The number of hydrogen-bond donors (Lipinski definition) is 1. The van der Waals surface area contributed by atoms with Crippen molar-refractivity contribution < 1.29 is 31.2 Å². The second-order valence-corrected chi connectivity index (χ2v) is 10.1. The van der Waals surface area contributed by atoms with Gasteiger partial charge < -0.3 is 10.2 Å². The van der Waals surface area contributed by atoms with Crippen molar-refractivity contribution in [1.82, 2.24) is 10.2 Å². The molecule has 0 bridgehead atoms. The van der Waals surface area contributed by atoms with E-state index in [0.29, 0.717) is 27.5 Å². The number of hydrogen-bond acceptors (Lipinski definition) is 4. The molecular weight excluding hydrogens is 507 g/mol. The summed E-state index contributed by atoms with van der Waals surface area (Å²) in [6.45, 7) is 2.91. The predicted octanol–water partition coefficient (Wildman–Crippen LogP) is 4.07. The van der Waals surface area contributed by atoms with Crippen LogP contribution < -0.4 is 9.62 Å². The second kappa shape index (κ2) is 11.8. The third kappa shape index (κ3) is 7.86. The first-order valence-electron chi connectivity index (χ1n) is 10.7. The fourth-order valence-corrected chi connectivity index (χ4v) is 4.42. The van der Waals surface area contributed by atoms with Gasteiger partial charge in [-0.1, -0.05) is 36.7 Å². The van der Waals surface area contributed by atoms with E-state index in [-0.39, 0.29) is 18.7 Å². The molecule has 12 heteroatoms. The summed E-state index contributed by atoms with van der Waals surface area (Å²) >= 11 is 5.93. The minimum Gasteiger partial charge on any atom is -0.355 e. The summed E-state index contributed by atoms with van der Waals surface area (Å²) < 4.78 is 65.2. The molecule has 0 heterocycles. The first-order chi connectivity index (χ1) is 16.3. The first kappa shape index (κ1) is 28.4. The van der Waals surface area contributed by atoms with Gasteiger partial charge in [0.15, 0.2) is 0 Å². The summed E-state index contributed by atoms with van der Waals surface area (Å²) in [5.41, 5.74) is -0.730. The fourth-order valence-electron chi connectivity index (χ4n) is 3.45. The van der Waals surface area contributed by atoms with Gasteiger partial charge in [-0.25, -0.2) is 8.42 Å². The maximum Gasteiger partial charge on any atom is 0.416 e. The maximum atomic E-state index is 13.4. The Morgan fingerprint density at radius 2 is 1.71 bits per heavy atom. The molecular formula is C23H27ClF3N3O4S. The van der Waals surface area contributed by atoms with Gasteiger partial charge >= 0.3 is 6.18 Å². The summed E-state index contributed by atoms with van der Waals surface area (Å²) in [4.78, 5) is 27.3. The van der Waals surface area contributed by atoms with E-state index >= 15 is 0 Å². The molecule has 2 amide bonds. The molecule has 0 saturated heterocycles. The highest BCUT2D eigenvalue weighted by Crippen LogP contribution is 2.32. The largest absolute Gasteiger partial charge is 0.416 e. The molecule has 0 saturated carbocycles. The summed E-state index contributed by atoms with van der Waals surface area (Å²) in [6.07, 6.45) is -3.67. The van der Waals surface area contributed by atoms with Crippen LogP contribution in [-0.2, 0) is 32.3 Å².